The molecular weight excluding hydrogens is 420 g/mol. The minimum absolute atomic E-state index is 0.0681. The number of thioether (sulfide) groups is 1. The molecule has 0 atom stereocenters. The molecule has 4 rings (SSSR count). The van der Waals surface area contributed by atoms with Gasteiger partial charge in [0.25, 0.3) is 0 Å². The van der Waals surface area contributed by atoms with Gasteiger partial charge in [0.2, 0.25) is 5.91 Å². The largest absolute Gasteiger partial charge is 0.342 e. The summed E-state index contributed by atoms with van der Waals surface area (Å²) >= 11 is 1.28. The molecule has 0 N–H and O–H groups in total. The number of amides is 1. The SMILES string of the molecule is O=C(CSc1nnc(CS(=O)(=O)c2ccccc2)n1-c1ccccc1)N1CCCC1. The highest BCUT2D eigenvalue weighted by Gasteiger charge is 2.24. The Morgan fingerprint density at radius 3 is 2.23 bits per heavy atom. The maximum absolute atomic E-state index is 12.9. The van der Waals surface area contributed by atoms with Crippen LogP contribution in [0.3, 0.4) is 0 Å². The fourth-order valence-corrected chi connectivity index (χ4v) is 5.53. The number of carbonyl (C=O) groups is 1. The third-order valence-electron chi connectivity index (χ3n) is 4.92. The van der Waals surface area contributed by atoms with Gasteiger partial charge in [0.1, 0.15) is 5.75 Å². The summed E-state index contributed by atoms with van der Waals surface area (Å²) < 4.78 is 27.5. The molecule has 0 bridgehead atoms. The van der Waals surface area contributed by atoms with Gasteiger partial charge in [-0.25, -0.2) is 8.42 Å². The van der Waals surface area contributed by atoms with E-state index in [9.17, 15) is 13.2 Å². The van der Waals surface area contributed by atoms with E-state index >= 15 is 0 Å². The van der Waals surface area contributed by atoms with Crippen molar-refractivity contribution in [1.82, 2.24) is 19.7 Å². The fourth-order valence-electron chi connectivity index (χ4n) is 3.39. The maximum atomic E-state index is 12.9. The summed E-state index contributed by atoms with van der Waals surface area (Å²) in [5, 5.41) is 8.88. The number of rotatable bonds is 7. The first kappa shape index (κ1) is 20.6. The summed E-state index contributed by atoms with van der Waals surface area (Å²) in [5.74, 6) is 0.357. The van der Waals surface area contributed by atoms with Gasteiger partial charge >= 0.3 is 0 Å². The van der Waals surface area contributed by atoms with Crippen LogP contribution in [0.5, 0.6) is 0 Å². The van der Waals surface area contributed by atoms with E-state index in [-0.39, 0.29) is 22.3 Å². The molecule has 7 nitrogen and oxygen atoms in total. The molecule has 0 spiro atoms. The van der Waals surface area contributed by atoms with Crippen molar-refractivity contribution >= 4 is 27.5 Å². The second-order valence-corrected chi connectivity index (χ2v) is 9.95. The Balaban J connectivity index is 1.62. The number of likely N-dealkylation sites (tertiary alicyclic amines) is 1. The van der Waals surface area contributed by atoms with Crippen molar-refractivity contribution in [1.29, 1.82) is 0 Å². The highest BCUT2D eigenvalue weighted by molar-refractivity contribution is 7.99. The number of carbonyl (C=O) groups excluding carboxylic acids is 1. The summed E-state index contributed by atoms with van der Waals surface area (Å²) in [7, 11) is -3.58. The van der Waals surface area contributed by atoms with E-state index in [0.717, 1.165) is 31.6 Å². The number of hydrogen-bond donors (Lipinski definition) is 0. The number of hydrogen-bond acceptors (Lipinski definition) is 6. The van der Waals surface area contributed by atoms with Crippen LogP contribution >= 0.6 is 11.8 Å². The molecule has 1 aromatic heterocycles. The van der Waals surface area contributed by atoms with Crippen molar-refractivity contribution in [3.8, 4) is 5.69 Å². The smallest absolute Gasteiger partial charge is 0.233 e. The minimum atomic E-state index is -3.58. The standard InChI is InChI=1S/C21H22N4O3S2/c26-20(24-13-7-8-14-24)15-29-21-23-22-19(25(21)17-9-3-1-4-10-17)16-30(27,28)18-11-5-2-6-12-18/h1-6,9-12H,7-8,13-16H2. The van der Waals surface area contributed by atoms with Crippen molar-refractivity contribution in [2.75, 3.05) is 18.8 Å². The molecule has 0 unspecified atom stereocenters. The molecule has 1 aliphatic rings. The molecule has 1 aliphatic heterocycles. The van der Waals surface area contributed by atoms with Gasteiger partial charge in [0.05, 0.1) is 10.6 Å². The topological polar surface area (TPSA) is 85.2 Å². The number of para-hydroxylation sites is 1. The predicted octanol–water partition coefficient (Wildman–Crippen LogP) is 2.96. The van der Waals surface area contributed by atoms with Crippen LogP contribution in [-0.4, -0.2) is 52.8 Å². The third kappa shape index (κ3) is 4.57. The molecule has 0 aliphatic carbocycles. The predicted molar refractivity (Wildman–Crippen MR) is 115 cm³/mol. The van der Waals surface area contributed by atoms with Crippen LogP contribution in [0.2, 0.25) is 0 Å². The van der Waals surface area contributed by atoms with Gasteiger partial charge in [-0.2, -0.15) is 0 Å². The molecule has 0 radical (unpaired) electrons. The summed E-state index contributed by atoms with van der Waals surface area (Å²) in [4.78, 5) is 14.5. The zero-order valence-electron chi connectivity index (χ0n) is 16.3. The van der Waals surface area contributed by atoms with Crippen LogP contribution < -0.4 is 0 Å². The van der Waals surface area contributed by atoms with Gasteiger partial charge in [-0.3, -0.25) is 9.36 Å². The molecular formula is C21H22N4O3S2. The van der Waals surface area contributed by atoms with E-state index in [0.29, 0.717) is 11.0 Å². The highest BCUT2D eigenvalue weighted by atomic mass is 32.2. The molecule has 3 aromatic rings. The Bertz CT molecular complexity index is 1110. The zero-order chi connectivity index (χ0) is 21.0. The van der Waals surface area contributed by atoms with E-state index in [1.165, 1.54) is 11.8 Å². The lowest BCUT2D eigenvalue weighted by atomic mass is 10.3. The second kappa shape index (κ2) is 9.01. The van der Waals surface area contributed by atoms with E-state index < -0.39 is 9.84 Å². The van der Waals surface area contributed by atoms with Gasteiger partial charge in [-0.05, 0) is 37.1 Å². The van der Waals surface area contributed by atoms with Gasteiger partial charge in [-0.1, -0.05) is 48.2 Å². The molecule has 2 aromatic carbocycles. The van der Waals surface area contributed by atoms with Crippen LogP contribution in [0, 0.1) is 0 Å². The van der Waals surface area contributed by atoms with E-state index in [1.54, 1.807) is 34.9 Å². The number of sulfone groups is 1. The van der Waals surface area contributed by atoms with Crippen LogP contribution in [-0.2, 0) is 20.4 Å². The Morgan fingerprint density at radius 1 is 0.933 bits per heavy atom. The van der Waals surface area contributed by atoms with Crippen molar-refractivity contribution in [2.24, 2.45) is 0 Å². The third-order valence-corrected chi connectivity index (χ3v) is 7.46. The van der Waals surface area contributed by atoms with E-state index in [4.69, 9.17) is 0 Å². The first-order chi connectivity index (χ1) is 14.5. The zero-order valence-corrected chi connectivity index (χ0v) is 18.0. The van der Waals surface area contributed by atoms with Crippen molar-refractivity contribution < 1.29 is 13.2 Å². The number of benzene rings is 2. The average Bonchev–Trinajstić information content (AvgIpc) is 3.43. The molecule has 2 heterocycles. The molecule has 156 valence electrons. The number of aromatic nitrogens is 3. The van der Waals surface area contributed by atoms with Crippen LogP contribution in [0.4, 0.5) is 0 Å². The molecule has 30 heavy (non-hydrogen) atoms. The summed E-state index contributed by atoms with van der Waals surface area (Å²) in [5.41, 5.74) is 0.761. The van der Waals surface area contributed by atoms with Crippen LogP contribution in [0.25, 0.3) is 5.69 Å². The molecule has 0 saturated carbocycles. The Hall–Kier alpha value is -2.65. The van der Waals surface area contributed by atoms with Crippen molar-refractivity contribution in [3.05, 3.63) is 66.5 Å². The fraction of sp³-hybridized carbons (Fsp3) is 0.286. The van der Waals surface area contributed by atoms with Gasteiger partial charge < -0.3 is 4.90 Å². The van der Waals surface area contributed by atoms with Crippen LogP contribution in [0.1, 0.15) is 18.7 Å². The van der Waals surface area contributed by atoms with Gasteiger partial charge in [0, 0.05) is 18.8 Å². The first-order valence-electron chi connectivity index (χ1n) is 9.73. The van der Waals surface area contributed by atoms with Gasteiger partial charge in [-0.15, -0.1) is 10.2 Å². The average molecular weight is 443 g/mol. The normalized spacial score (nSPS) is 14.2. The quantitative estimate of drug-likeness (QED) is 0.523. The number of nitrogens with zero attached hydrogens (tertiary/aromatic N) is 4. The second-order valence-electron chi connectivity index (χ2n) is 7.02. The Labute approximate surface area is 180 Å². The monoisotopic (exact) mass is 442 g/mol. The van der Waals surface area contributed by atoms with Crippen molar-refractivity contribution in [3.63, 3.8) is 0 Å². The van der Waals surface area contributed by atoms with Gasteiger partial charge in [0.15, 0.2) is 20.8 Å². The lowest BCUT2D eigenvalue weighted by molar-refractivity contribution is -0.127. The van der Waals surface area contributed by atoms with Crippen molar-refractivity contribution in [2.45, 2.75) is 28.6 Å². The summed E-state index contributed by atoms with van der Waals surface area (Å²) in [6.07, 6.45) is 2.08. The molecule has 1 fully saturated rings. The maximum Gasteiger partial charge on any atom is 0.233 e. The minimum Gasteiger partial charge on any atom is -0.342 e. The molecule has 1 amide bonds. The molecule has 9 heteroatoms. The van der Waals surface area contributed by atoms with E-state index in [2.05, 4.69) is 10.2 Å². The lowest BCUT2D eigenvalue weighted by Crippen LogP contribution is -2.29. The highest BCUT2D eigenvalue weighted by Crippen LogP contribution is 2.25. The lowest BCUT2D eigenvalue weighted by Gasteiger charge is -2.15. The molecule has 1 saturated heterocycles. The summed E-state index contributed by atoms with van der Waals surface area (Å²) in [6, 6.07) is 17.7. The van der Waals surface area contributed by atoms with E-state index in [1.807, 2.05) is 35.2 Å². The first-order valence-corrected chi connectivity index (χ1v) is 12.4. The summed E-state index contributed by atoms with van der Waals surface area (Å²) in [6.45, 7) is 1.59. The Morgan fingerprint density at radius 2 is 1.57 bits per heavy atom. The van der Waals surface area contributed by atoms with Crippen LogP contribution in [0.15, 0.2) is 70.7 Å². The Kier molecular flexibility index (Phi) is 6.19.